The molecule has 0 aliphatic carbocycles. The Balaban J connectivity index is 2.07. The van der Waals surface area contributed by atoms with Crippen LogP contribution in [0, 0.1) is 0 Å². The minimum Gasteiger partial charge on any atom is -0.542 e. The average molecular weight is 274 g/mol. The smallest absolute Gasteiger partial charge is 0.378 e. The number of nitrogens with zero attached hydrogens (tertiary/aromatic N) is 2. The number of pyridine rings is 1. The summed E-state index contributed by atoms with van der Waals surface area (Å²) in [5.74, 6) is -0.435. The highest BCUT2D eigenvalue weighted by Crippen LogP contribution is 2.04. The van der Waals surface area contributed by atoms with Crippen LogP contribution in [-0.4, -0.2) is 56.6 Å². The molecule has 1 aromatic rings. The lowest BCUT2D eigenvalue weighted by Crippen LogP contribution is -2.38. The highest BCUT2D eigenvalue weighted by molar-refractivity contribution is 6.05. The third kappa shape index (κ3) is 4.92. The molecule has 0 fully saturated rings. The van der Waals surface area contributed by atoms with Crippen LogP contribution in [0.15, 0.2) is 18.2 Å². The zero-order valence-electron chi connectivity index (χ0n) is 11.5. The van der Waals surface area contributed by atoms with Crippen LogP contribution >= 0.6 is 0 Å². The van der Waals surface area contributed by atoms with Crippen molar-refractivity contribution in [2.45, 2.75) is 13.1 Å². The van der Waals surface area contributed by atoms with Gasteiger partial charge in [0.2, 0.25) is 0 Å². The Hall–Kier alpha value is -1.44. The molecular weight excluding hydrogens is 255 g/mol. The van der Waals surface area contributed by atoms with Crippen LogP contribution in [0.2, 0.25) is 0 Å². The molecule has 20 heavy (non-hydrogen) atoms. The number of nitrogens with one attached hydrogen (secondary N) is 2. The number of carbonyl (C=O) groups is 1. The lowest BCUT2D eigenvalue weighted by molar-refractivity contribution is -0.135. The van der Waals surface area contributed by atoms with Gasteiger partial charge >= 0.3 is 14.0 Å². The third-order valence-corrected chi connectivity index (χ3v) is 3.12. The summed E-state index contributed by atoms with van der Waals surface area (Å²) in [5.41, 5.74) is 1.94. The summed E-state index contributed by atoms with van der Waals surface area (Å²) in [5, 5.41) is 6.66. The first-order valence-electron chi connectivity index (χ1n) is 6.76. The third-order valence-electron chi connectivity index (χ3n) is 3.12. The standard InChI is InChI=1S/C13H19BN4O2/c14-20-13(19)10-18-7-6-15-4-5-16-8-11-2-1-3-12(9-18)17-11/h1-3,15-16H,4-10H2. The molecule has 2 rings (SSSR count). The van der Waals surface area contributed by atoms with E-state index < -0.39 is 5.97 Å². The molecule has 1 aliphatic heterocycles. The number of hydrogen-bond acceptors (Lipinski definition) is 6. The van der Waals surface area contributed by atoms with Crippen LogP contribution in [0.1, 0.15) is 11.4 Å². The van der Waals surface area contributed by atoms with Crippen molar-refractivity contribution in [1.29, 1.82) is 0 Å². The Labute approximate surface area is 120 Å². The fourth-order valence-electron chi connectivity index (χ4n) is 2.13. The van der Waals surface area contributed by atoms with E-state index in [1.807, 2.05) is 23.1 Å². The molecule has 106 valence electrons. The SMILES string of the molecule is [B]OC(=O)CN1CCNCCNCc2cccc(n2)C1. The highest BCUT2D eigenvalue weighted by atomic mass is 16.5. The van der Waals surface area contributed by atoms with E-state index in [0.29, 0.717) is 6.54 Å². The maximum Gasteiger partial charge on any atom is 0.378 e. The molecule has 0 aromatic carbocycles. The van der Waals surface area contributed by atoms with Crippen molar-refractivity contribution in [3.8, 4) is 0 Å². The number of carbonyl (C=O) groups excluding carboxylic acids is 1. The Morgan fingerprint density at radius 3 is 2.95 bits per heavy atom. The van der Waals surface area contributed by atoms with E-state index in [1.165, 1.54) is 0 Å². The largest absolute Gasteiger partial charge is 0.542 e. The minimum atomic E-state index is -0.435. The van der Waals surface area contributed by atoms with Gasteiger partial charge in [-0.15, -0.1) is 0 Å². The first kappa shape index (κ1) is 15.0. The molecule has 2 radical (unpaired) electrons. The predicted octanol–water partition coefficient (Wildman–Crippen LogP) is -0.797. The van der Waals surface area contributed by atoms with Crippen molar-refractivity contribution in [2.75, 3.05) is 32.7 Å². The van der Waals surface area contributed by atoms with E-state index in [-0.39, 0.29) is 6.54 Å². The normalized spacial score (nSPS) is 17.8. The Morgan fingerprint density at radius 1 is 1.30 bits per heavy atom. The van der Waals surface area contributed by atoms with Gasteiger partial charge in [0, 0.05) is 39.3 Å². The number of hydrogen-bond donors (Lipinski definition) is 2. The monoisotopic (exact) mass is 274 g/mol. The minimum absolute atomic E-state index is 0.169. The van der Waals surface area contributed by atoms with Crippen LogP contribution in [0.5, 0.6) is 0 Å². The number of fused-ring (bicyclic) bond motifs is 2. The number of aromatic nitrogens is 1. The molecule has 2 bridgehead atoms. The highest BCUT2D eigenvalue weighted by Gasteiger charge is 2.12. The molecule has 6 nitrogen and oxygen atoms in total. The van der Waals surface area contributed by atoms with Gasteiger partial charge in [-0.25, -0.2) is 0 Å². The van der Waals surface area contributed by atoms with Crippen LogP contribution < -0.4 is 10.6 Å². The molecular formula is C13H19BN4O2. The predicted molar refractivity (Wildman–Crippen MR) is 75.9 cm³/mol. The Morgan fingerprint density at radius 2 is 2.10 bits per heavy atom. The van der Waals surface area contributed by atoms with E-state index in [9.17, 15) is 4.79 Å². The molecule has 2 N–H and O–H groups in total. The van der Waals surface area contributed by atoms with Gasteiger partial charge in [0.25, 0.3) is 0 Å². The molecule has 2 heterocycles. The lowest BCUT2D eigenvalue weighted by Gasteiger charge is -2.22. The van der Waals surface area contributed by atoms with Crippen LogP contribution in [-0.2, 0) is 22.5 Å². The maximum atomic E-state index is 11.3. The summed E-state index contributed by atoms with van der Waals surface area (Å²) in [6, 6.07) is 5.94. The topological polar surface area (TPSA) is 66.5 Å². The second-order valence-corrected chi connectivity index (χ2v) is 4.75. The number of rotatable bonds is 2. The van der Waals surface area contributed by atoms with E-state index >= 15 is 0 Å². The zero-order valence-corrected chi connectivity index (χ0v) is 11.5. The van der Waals surface area contributed by atoms with E-state index in [2.05, 4.69) is 20.3 Å². The van der Waals surface area contributed by atoms with Crippen molar-refractivity contribution in [3.63, 3.8) is 0 Å². The Kier molecular flexibility index (Phi) is 5.98. The van der Waals surface area contributed by atoms with Gasteiger partial charge in [-0.2, -0.15) is 0 Å². The lowest BCUT2D eigenvalue weighted by atomic mass is 10.2. The van der Waals surface area contributed by atoms with Crippen LogP contribution in [0.3, 0.4) is 0 Å². The first-order chi connectivity index (χ1) is 9.78. The fraction of sp³-hybridized carbons (Fsp3) is 0.538. The van der Waals surface area contributed by atoms with E-state index in [1.54, 1.807) is 0 Å². The van der Waals surface area contributed by atoms with Gasteiger partial charge in [-0.05, 0) is 12.1 Å². The van der Waals surface area contributed by atoms with Crippen molar-refractivity contribution in [2.24, 2.45) is 0 Å². The summed E-state index contributed by atoms with van der Waals surface area (Å²) in [4.78, 5) is 17.9. The van der Waals surface area contributed by atoms with E-state index in [4.69, 9.17) is 8.05 Å². The second kappa shape index (κ2) is 7.99. The molecule has 0 saturated carbocycles. The van der Waals surface area contributed by atoms with Crippen molar-refractivity contribution >= 4 is 14.0 Å². The first-order valence-corrected chi connectivity index (χ1v) is 6.76. The van der Waals surface area contributed by atoms with E-state index in [0.717, 1.165) is 44.1 Å². The molecule has 0 saturated heterocycles. The summed E-state index contributed by atoms with van der Waals surface area (Å²) in [6.45, 7) is 4.83. The molecule has 0 spiro atoms. The molecule has 0 amide bonds. The van der Waals surface area contributed by atoms with Crippen molar-refractivity contribution in [3.05, 3.63) is 29.6 Å². The van der Waals surface area contributed by atoms with Crippen LogP contribution in [0.25, 0.3) is 0 Å². The van der Waals surface area contributed by atoms with Gasteiger partial charge < -0.3 is 15.3 Å². The van der Waals surface area contributed by atoms with Gasteiger partial charge in [-0.1, -0.05) is 6.07 Å². The summed E-state index contributed by atoms with van der Waals surface area (Å²) in [6.07, 6.45) is 0. The molecule has 1 aliphatic rings. The van der Waals surface area contributed by atoms with Crippen LogP contribution in [0.4, 0.5) is 0 Å². The quantitative estimate of drug-likeness (QED) is 0.689. The fourth-order valence-corrected chi connectivity index (χ4v) is 2.13. The van der Waals surface area contributed by atoms with Crippen molar-refractivity contribution < 1.29 is 9.45 Å². The summed E-state index contributed by atoms with van der Waals surface area (Å²) < 4.78 is 4.25. The molecule has 1 aromatic heterocycles. The molecule has 0 unspecified atom stereocenters. The average Bonchev–Trinajstić information content (AvgIpc) is 2.45. The second-order valence-electron chi connectivity index (χ2n) is 4.75. The maximum absolute atomic E-state index is 11.3. The molecule has 0 atom stereocenters. The van der Waals surface area contributed by atoms with Gasteiger partial charge in [-0.3, -0.25) is 14.7 Å². The summed E-state index contributed by atoms with van der Waals surface area (Å²) >= 11 is 0. The Bertz CT molecular complexity index is 444. The van der Waals surface area contributed by atoms with Gasteiger partial charge in [0.1, 0.15) is 0 Å². The van der Waals surface area contributed by atoms with Gasteiger partial charge in [0.15, 0.2) is 0 Å². The summed E-state index contributed by atoms with van der Waals surface area (Å²) in [7, 11) is 4.91. The van der Waals surface area contributed by atoms with Crippen molar-refractivity contribution in [1.82, 2.24) is 20.5 Å². The van der Waals surface area contributed by atoms with Gasteiger partial charge in [0.05, 0.1) is 17.9 Å². The zero-order chi connectivity index (χ0) is 14.2. The molecule has 7 heteroatoms.